The van der Waals surface area contributed by atoms with Gasteiger partial charge in [-0.05, 0) is 45.7 Å². The number of likely N-dealkylation sites (N-methyl/N-ethyl adjacent to an activating group) is 1. The normalized spacial score (nSPS) is 17.7. The molecule has 0 saturated carbocycles. The molecule has 1 aliphatic rings. The van der Waals surface area contributed by atoms with E-state index in [0.29, 0.717) is 0 Å². The molecule has 0 aromatic heterocycles. The highest BCUT2D eigenvalue weighted by molar-refractivity contribution is 5.74. The molecule has 0 radical (unpaired) electrons. The Bertz CT molecular complexity index is 242. The topological polar surface area (TPSA) is 55.8 Å². The standard InChI is InChI=1S/C13H27N3O2/c1-12(6-5-11-17)14-13(18)15(2)9-10-16-7-3-4-8-16/h12,17H,3-11H2,1-2H3,(H,14,18). The Morgan fingerprint density at radius 2 is 2.11 bits per heavy atom. The number of carbonyl (C=O) groups is 1. The van der Waals surface area contributed by atoms with Crippen molar-refractivity contribution in [3.8, 4) is 0 Å². The van der Waals surface area contributed by atoms with E-state index in [1.807, 2.05) is 14.0 Å². The van der Waals surface area contributed by atoms with Crippen LogP contribution in [0.2, 0.25) is 0 Å². The second-order valence-corrected chi connectivity index (χ2v) is 5.19. The van der Waals surface area contributed by atoms with Crippen molar-refractivity contribution in [2.24, 2.45) is 0 Å². The predicted octanol–water partition coefficient (Wildman–Crippen LogP) is 0.885. The Kier molecular flexibility index (Phi) is 7.05. The van der Waals surface area contributed by atoms with Crippen LogP contribution in [0.1, 0.15) is 32.6 Å². The molecular formula is C13H27N3O2. The van der Waals surface area contributed by atoms with Gasteiger partial charge in [0.25, 0.3) is 0 Å². The second-order valence-electron chi connectivity index (χ2n) is 5.19. The minimum atomic E-state index is -0.0142. The highest BCUT2D eigenvalue weighted by atomic mass is 16.3. The summed E-state index contributed by atoms with van der Waals surface area (Å²) in [4.78, 5) is 16.0. The van der Waals surface area contributed by atoms with E-state index >= 15 is 0 Å². The van der Waals surface area contributed by atoms with E-state index in [2.05, 4.69) is 10.2 Å². The maximum atomic E-state index is 11.9. The first kappa shape index (κ1) is 15.2. The number of carbonyl (C=O) groups excluding carboxylic acids is 1. The number of aliphatic hydroxyl groups excluding tert-OH is 1. The third-order valence-electron chi connectivity index (χ3n) is 3.46. The first-order valence-electron chi connectivity index (χ1n) is 6.98. The molecule has 0 spiro atoms. The molecule has 1 rings (SSSR count). The first-order chi connectivity index (χ1) is 8.63. The summed E-state index contributed by atoms with van der Waals surface area (Å²) in [6.45, 7) is 6.24. The van der Waals surface area contributed by atoms with Gasteiger partial charge in [0.2, 0.25) is 0 Å². The molecule has 1 atom stereocenters. The minimum Gasteiger partial charge on any atom is -0.396 e. The number of likely N-dealkylation sites (tertiary alicyclic amines) is 1. The van der Waals surface area contributed by atoms with E-state index in [9.17, 15) is 4.79 Å². The molecule has 0 aromatic carbocycles. The van der Waals surface area contributed by atoms with Crippen molar-refractivity contribution in [1.29, 1.82) is 0 Å². The van der Waals surface area contributed by atoms with Crippen molar-refractivity contribution in [3.63, 3.8) is 0 Å². The average Bonchev–Trinajstić information content (AvgIpc) is 2.86. The lowest BCUT2D eigenvalue weighted by Crippen LogP contribution is -2.44. The Balaban J connectivity index is 2.15. The molecule has 1 aliphatic heterocycles. The van der Waals surface area contributed by atoms with Crippen LogP contribution in [-0.4, -0.2) is 66.8 Å². The predicted molar refractivity (Wildman–Crippen MR) is 72.6 cm³/mol. The van der Waals surface area contributed by atoms with Gasteiger partial charge in [0.05, 0.1) is 0 Å². The number of hydrogen-bond donors (Lipinski definition) is 2. The molecule has 1 saturated heterocycles. The second kappa shape index (κ2) is 8.32. The lowest BCUT2D eigenvalue weighted by molar-refractivity contribution is 0.195. The number of aliphatic hydroxyl groups is 1. The fourth-order valence-electron chi connectivity index (χ4n) is 2.19. The summed E-state index contributed by atoms with van der Waals surface area (Å²) in [6.07, 6.45) is 4.13. The van der Waals surface area contributed by atoms with Gasteiger partial charge in [-0.15, -0.1) is 0 Å². The summed E-state index contributed by atoms with van der Waals surface area (Å²) < 4.78 is 0. The van der Waals surface area contributed by atoms with E-state index in [1.165, 1.54) is 25.9 Å². The highest BCUT2D eigenvalue weighted by Gasteiger charge is 2.15. The van der Waals surface area contributed by atoms with Gasteiger partial charge in [0.1, 0.15) is 0 Å². The van der Waals surface area contributed by atoms with Gasteiger partial charge in [0.15, 0.2) is 0 Å². The van der Waals surface area contributed by atoms with Crippen molar-refractivity contribution < 1.29 is 9.90 Å². The lowest BCUT2D eigenvalue weighted by Gasteiger charge is -2.23. The van der Waals surface area contributed by atoms with Crippen LogP contribution in [0.15, 0.2) is 0 Å². The quantitative estimate of drug-likeness (QED) is 0.712. The Labute approximate surface area is 110 Å². The van der Waals surface area contributed by atoms with E-state index in [4.69, 9.17) is 5.11 Å². The van der Waals surface area contributed by atoms with Gasteiger partial charge >= 0.3 is 6.03 Å². The van der Waals surface area contributed by atoms with Gasteiger partial charge in [-0.25, -0.2) is 4.79 Å². The van der Waals surface area contributed by atoms with Crippen molar-refractivity contribution in [3.05, 3.63) is 0 Å². The zero-order valence-corrected chi connectivity index (χ0v) is 11.7. The van der Waals surface area contributed by atoms with Crippen LogP contribution in [0.4, 0.5) is 4.79 Å². The Morgan fingerprint density at radius 3 is 2.72 bits per heavy atom. The van der Waals surface area contributed by atoms with Crippen molar-refractivity contribution in [2.75, 3.05) is 39.8 Å². The lowest BCUT2D eigenvalue weighted by atomic mass is 10.2. The smallest absolute Gasteiger partial charge is 0.317 e. The maximum absolute atomic E-state index is 11.9. The van der Waals surface area contributed by atoms with Crippen molar-refractivity contribution in [1.82, 2.24) is 15.1 Å². The molecule has 5 nitrogen and oxygen atoms in total. The number of hydrogen-bond acceptors (Lipinski definition) is 3. The molecule has 18 heavy (non-hydrogen) atoms. The third-order valence-corrected chi connectivity index (χ3v) is 3.46. The van der Waals surface area contributed by atoms with Crippen LogP contribution in [0, 0.1) is 0 Å². The SMILES string of the molecule is CC(CCCO)NC(=O)N(C)CCN1CCCC1. The van der Waals surface area contributed by atoms with Gasteiger partial charge in [-0.3, -0.25) is 0 Å². The Hall–Kier alpha value is -0.810. The zero-order valence-electron chi connectivity index (χ0n) is 11.7. The van der Waals surface area contributed by atoms with Crippen LogP contribution in [0.5, 0.6) is 0 Å². The van der Waals surface area contributed by atoms with E-state index < -0.39 is 0 Å². The molecule has 0 aliphatic carbocycles. The molecule has 2 N–H and O–H groups in total. The number of rotatable bonds is 7. The number of urea groups is 1. The molecule has 0 bridgehead atoms. The minimum absolute atomic E-state index is 0.0142. The zero-order chi connectivity index (χ0) is 13.4. The summed E-state index contributed by atoms with van der Waals surface area (Å²) in [5.74, 6) is 0. The van der Waals surface area contributed by atoms with Crippen LogP contribution in [-0.2, 0) is 0 Å². The molecule has 1 fully saturated rings. The molecule has 5 heteroatoms. The fourth-order valence-corrected chi connectivity index (χ4v) is 2.19. The fraction of sp³-hybridized carbons (Fsp3) is 0.923. The first-order valence-corrected chi connectivity index (χ1v) is 6.98. The van der Waals surface area contributed by atoms with Crippen molar-refractivity contribution >= 4 is 6.03 Å². The van der Waals surface area contributed by atoms with Crippen molar-refractivity contribution in [2.45, 2.75) is 38.6 Å². The maximum Gasteiger partial charge on any atom is 0.317 e. The van der Waals surface area contributed by atoms with Crippen LogP contribution < -0.4 is 5.32 Å². The van der Waals surface area contributed by atoms with Gasteiger partial charge in [0, 0.05) is 32.8 Å². The Morgan fingerprint density at radius 1 is 1.44 bits per heavy atom. The summed E-state index contributed by atoms with van der Waals surface area (Å²) in [5, 5.41) is 11.7. The number of nitrogens with zero attached hydrogens (tertiary/aromatic N) is 2. The molecule has 1 unspecified atom stereocenters. The number of nitrogens with one attached hydrogen (secondary N) is 1. The summed E-state index contributed by atoms with van der Waals surface area (Å²) in [5.41, 5.74) is 0. The third kappa shape index (κ3) is 5.69. The van der Waals surface area contributed by atoms with Crippen LogP contribution in [0.3, 0.4) is 0 Å². The van der Waals surface area contributed by atoms with Crippen LogP contribution >= 0.6 is 0 Å². The van der Waals surface area contributed by atoms with E-state index in [0.717, 1.165) is 25.9 Å². The molecular weight excluding hydrogens is 230 g/mol. The number of amides is 2. The summed E-state index contributed by atoms with van der Waals surface area (Å²) in [6, 6.07) is 0.110. The van der Waals surface area contributed by atoms with E-state index in [-0.39, 0.29) is 18.7 Å². The molecule has 2 amide bonds. The van der Waals surface area contributed by atoms with Crippen LogP contribution in [0.25, 0.3) is 0 Å². The molecule has 0 aromatic rings. The average molecular weight is 257 g/mol. The highest BCUT2D eigenvalue weighted by Crippen LogP contribution is 2.06. The van der Waals surface area contributed by atoms with E-state index in [1.54, 1.807) is 4.90 Å². The van der Waals surface area contributed by atoms with Gasteiger partial charge < -0.3 is 20.2 Å². The summed E-state index contributed by atoms with van der Waals surface area (Å²) in [7, 11) is 1.84. The van der Waals surface area contributed by atoms with Gasteiger partial charge in [-0.2, -0.15) is 0 Å². The van der Waals surface area contributed by atoms with Gasteiger partial charge in [-0.1, -0.05) is 0 Å². The molecule has 1 heterocycles. The largest absolute Gasteiger partial charge is 0.396 e. The molecule has 106 valence electrons. The summed E-state index contributed by atoms with van der Waals surface area (Å²) >= 11 is 0. The monoisotopic (exact) mass is 257 g/mol.